The fraction of sp³-hybridized carbons (Fsp3) is 0.368. The molecule has 138 valence electrons. The first-order chi connectivity index (χ1) is 12.5. The Bertz CT molecular complexity index is 768. The summed E-state index contributed by atoms with van der Waals surface area (Å²) >= 11 is 6.17. The van der Waals surface area contributed by atoms with Crippen molar-refractivity contribution in [2.75, 3.05) is 18.4 Å². The molecule has 0 aliphatic carbocycles. The van der Waals surface area contributed by atoms with Gasteiger partial charge in [0.1, 0.15) is 5.76 Å². The molecule has 7 heteroatoms. The smallest absolute Gasteiger partial charge is 0.317 e. The molecule has 1 aliphatic heterocycles. The van der Waals surface area contributed by atoms with E-state index in [1.807, 2.05) is 31.2 Å². The number of nitrogens with zero attached hydrogens (tertiary/aromatic N) is 1. The predicted molar refractivity (Wildman–Crippen MR) is 100 cm³/mol. The van der Waals surface area contributed by atoms with E-state index in [9.17, 15) is 9.59 Å². The van der Waals surface area contributed by atoms with E-state index >= 15 is 0 Å². The second kappa shape index (κ2) is 8.27. The molecule has 2 heterocycles. The van der Waals surface area contributed by atoms with Crippen LogP contribution in [0.5, 0.6) is 0 Å². The molecule has 1 aliphatic rings. The number of aryl methyl sites for hydroxylation is 1. The van der Waals surface area contributed by atoms with Gasteiger partial charge in [0.2, 0.25) is 5.91 Å². The molecular weight excluding hydrogens is 354 g/mol. The van der Waals surface area contributed by atoms with Crippen LogP contribution in [-0.2, 0) is 11.3 Å². The zero-order valence-corrected chi connectivity index (χ0v) is 15.4. The Hall–Kier alpha value is -2.47. The standard InChI is InChI=1S/C19H22ClN3O3/c1-13-4-5-17(16(20)11-13)22-18(24)14-6-8-23(9-7-14)19(25)21-12-15-3-2-10-26-15/h2-5,10-11,14H,6-9,12H2,1H3,(H,21,25)(H,22,24). The molecule has 1 fully saturated rings. The molecule has 6 nitrogen and oxygen atoms in total. The van der Waals surface area contributed by atoms with Gasteiger partial charge >= 0.3 is 6.03 Å². The monoisotopic (exact) mass is 375 g/mol. The van der Waals surface area contributed by atoms with Crippen LogP contribution >= 0.6 is 11.6 Å². The quantitative estimate of drug-likeness (QED) is 0.853. The van der Waals surface area contributed by atoms with E-state index in [0.29, 0.717) is 48.9 Å². The largest absolute Gasteiger partial charge is 0.467 e. The van der Waals surface area contributed by atoms with Gasteiger partial charge in [-0.1, -0.05) is 17.7 Å². The average Bonchev–Trinajstić information content (AvgIpc) is 3.15. The first-order valence-electron chi connectivity index (χ1n) is 8.65. The van der Waals surface area contributed by atoms with E-state index in [1.165, 1.54) is 0 Å². The number of anilines is 1. The third-order valence-electron chi connectivity index (χ3n) is 4.53. The van der Waals surface area contributed by atoms with Crippen LogP contribution in [0.2, 0.25) is 5.02 Å². The average molecular weight is 376 g/mol. The van der Waals surface area contributed by atoms with Gasteiger partial charge in [0.05, 0.1) is 23.5 Å². The number of likely N-dealkylation sites (tertiary alicyclic amines) is 1. The molecule has 1 saturated heterocycles. The first kappa shape index (κ1) is 18.3. The molecule has 0 spiro atoms. The summed E-state index contributed by atoms with van der Waals surface area (Å²) in [7, 11) is 0. The third kappa shape index (κ3) is 4.58. The Morgan fingerprint density at radius 1 is 1.27 bits per heavy atom. The van der Waals surface area contributed by atoms with Crippen molar-refractivity contribution in [3.05, 3.63) is 52.9 Å². The van der Waals surface area contributed by atoms with Gasteiger partial charge in [-0.15, -0.1) is 0 Å². The zero-order valence-electron chi connectivity index (χ0n) is 14.6. The van der Waals surface area contributed by atoms with E-state index in [4.69, 9.17) is 16.0 Å². The summed E-state index contributed by atoms with van der Waals surface area (Å²) < 4.78 is 5.20. The van der Waals surface area contributed by atoms with Crippen LogP contribution < -0.4 is 10.6 Å². The third-order valence-corrected chi connectivity index (χ3v) is 4.84. The number of piperidine rings is 1. The van der Waals surface area contributed by atoms with Gasteiger partial charge in [-0.25, -0.2) is 4.79 Å². The minimum Gasteiger partial charge on any atom is -0.467 e. The van der Waals surface area contributed by atoms with Crippen molar-refractivity contribution in [2.24, 2.45) is 5.92 Å². The Balaban J connectivity index is 1.46. The highest BCUT2D eigenvalue weighted by Gasteiger charge is 2.27. The summed E-state index contributed by atoms with van der Waals surface area (Å²) in [6, 6.07) is 9.00. The van der Waals surface area contributed by atoms with Gasteiger partial charge in [0.25, 0.3) is 0 Å². The molecule has 0 radical (unpaired) electrons. The summed E-state index contributed by atoms with van der Waals surface area (Å²) in [6.07, 6.45) is 2.83. The number of benzene rings is 1. The number of hydrogen-bond donors (Lipinski definition) is 2. The molecule has 1 aromatic carbocycles. The lowest BCUT2D eigenvalue weighted by Gasteiger charge is -2.31. The van der Waals surface area contributed by atoms with Crippen molar-refractivity contribution < 1.29 is 14.0 Å². The lowest BCUT2D eigenvalue weighted by atomic mass is 9.96. The summed E-state index contributed by atoms with van der Waals surface area (Å²) in [6.45, 7) is 3.40. The van der Waals surface area contributed by atoms with Gasteiger partial charge in [0, 0.05) is 19.0 Å². The fourth-order valence-electron chi connectivity index (χ4n) is 2.99. The molecule has 0 atom stereocenters. The molecule has 0 bridgehead atoms. The Labute approximate surface area is 157 Å². The number of nitrogens with one attached hydrogen (secondary N) is 2. The molecule has 2 N–H and O–H groups in total. The van der Waals surface area contributed by atoms with E-state index in [2.05, 4.69) is 10.6 Å². The lowest BCUT2D eigenvalue weighted by molar-refractivity contribution is -0.121. The SMILES string of the molecule is Cc1ccc(NC(=O)C2CCN(C(=O)NCc3ccco3)CC2)c(Cl)c1. The molecule has 2 aromatic rings. The van der Waals surface area contributed by atoms with E-state index < -0.39 is 0 Å². The molecule has 3 rings (SSSR count). The summed E-state index contributed by atoms with van der Waals surface area (Å²) in [4.78, 5) is 26.4. The van der Waals surface area contributed by atoms with Gasteiger partial charge in [0.15, 0.2) is 0 Å². The summed E-state index contributed by atoms with van der Waals surface area (Å²) in [5.41, 5.74) is 1.67. The van der Waals surface area contributed by atoms with E-state index in [0.717, 1.165) is 5.56 Å². The fourth-order valence-corrected chi connectivity index (χ4v) is 3.27. The number of rotatable bonds is 4. The normalized spacial score (nSPS) is 14.9. The van der Waals surface area contributed by atoms with Crippen LogP contribution in [0.15, 0.2) is 41.0 Å². The second-order valence-corrected chi connectivity index (χ2v) is 6.88. The lowest BCUT2D eigenvalue weighted by Crippen LogP contribution is -2.45. The van der Waals surface area contributed by atoms with Crippen molar-refractivity contribution in [3.63, 3.8) is 0 Å². The minimum absolute atomic E-state index is 0.0496. The highest BCUT2D eigenvalue weighted by atomic mass is 35.5. The van der Waals surface area contributed by atoms with E-state index in [1.54, 1.807) is 17.2 Å². The number of halogens is 1. The van der Waals surface area contributed by atoms with Crippen molar-refractivity contribution in [2.45, 2.75) is 26.3 Å². The van der Waals surface area contributed by atoms with Gasteiger partial charge in [-0.3, -0.25) is 4.79 Å². The van der Waals surface area contributed by atoms with Crippen LogP contribution in [0.4, 0.5) is 10.5 Å². The highest BCUT2D eigenvalue weighted by molar-refractivity contribution is 6.33. The number of carbonyl (C=O) groups excluding carboxylic acids is 2. The Morgan fingerprint density at radius 2 is 2.04 bits per heavy atom. The predicted octanol–water partition coefficient (Wildman–Crippen LogP) is 3.80. The van der Waals surface area contributed by atoms with Gasteiger partial charge in [-0.05, 0) is 49.6 Å². The molecule has 1 aromatic heterocycles. The van der Waals surface area contributed by atoms with Gasteiger partial charge in [-0.2, -0.15) is 0 Å². The molecule has 26 heavy (non-hydrogen) atoms. The highest BCUT2D eigenvalue weighted by Crippen LogP contribution is 2.25. The van der Waals surface area contributed by atoms with Crippen molar-refractivity contribution in [3.8, 4) is 0 Å². The topological polar surface area (TPSA) is 74.6 Å². The van der Waals surface area contributed by atoms with Crippen LogP contribution in [0, 0.1) is 12.8 Å². The maximum absolute atomic E-state index is 12.5. The van der Waals surface area contributed by atoms with Crippen molar-refractivity contribution >= 4 is 29.2 Å². The zero-order chi connectivity index (χ0) is 18.5. The molecule has 3 amide bonds. The number of furan rings is 1. The van der Waals surface area contributed by atoms with Crippen molar-refractivity contribution in [1.29, 1.82) is 0 Å². The van der Waals surface area contributed by atoms with Crippen LogP contribution in [0.1, 0.15) is 24.2 Å². The van der Waals surface area contributed by atoms with Crippen LogP contribution in [0.25, 0.3) is 0 Å². The van der Waals surface area contributed by atoms with E-state index in [-0.39, 0.29) is 17.9 Å². The Morgan fingerprint density at radius 3 is 2.69 bits per heavy atom. The first-order valence-corrected chi connectivity index (χ1v) is 9.03. The second-order valence-electron chi connectivity index (χ2n) is 6.47. The molecular formula is C19H22ClN3O3. The summed E-state index contributed by atoms with van der Waals surface area (Å²) in [5, 5.41) is 6.25. The molecule has 0 unspecified atom stereocenters. The Kier molecular flexibility index (Phi) is 5.83. The number of hydrogen-bond acceptors (Lipinski definition) is 3. The number of carbonyl (C=O) groups is 2. The van der Waals surface area contributed by atoms with Crippen molar-refractivity contribution in [1.82, 2.24) is 10.2 Å². The number of amides is 3. The van der Waals surface area contributed by atoms with Gasteiger partial charge < -0.3 is 20.0 Å². The maximum Gasteiger partial charge on any atom is 0.317 e. The number of urea groups is 1. The molecule has 0 saturated carbocycles. The van der Waals surface area contributed by atoms with Crippen LogP contribution in [0.3, 0.4) is 0 Å². The minimum atomic E-state index is -0.137. The maximum atomic E-state index is 12.5. The summed E-state index contributed by atoms with van der Waals surface area (Å²) in [5.74, 6) is 0.537. The van der Waals surface area contributed by atoms with Crippen LogP contribution in [-0.4, -0.2) is 29.9 Å².